The van der Waals surface area contributed by atoms with Crippen LogP contribution in [0, 0.1) is 6.92 Å². The molecule has 6 aromatic rings. The van der Waals surface area contributed by atoms with Gasteiger partial charge in [-0.3, -0.25) is 0 Å². The minimum atomic E-state index is 0.818. The Hall–Kier alpha value is -4.23. The van der Waals surface area contributed by atoms with Gasteiger partial charge in [-0.1, -0.05) is 107 Å². The van der Waals surface area contributed by atoms with Crippen molar-refractivity contribution in [3.8, 4) is 56.4 Å². The predicted molar refractivity (Wildman–Crippen MR) is 165 cm³/mol. The van der Waals surface area contributed by atoms with Crippen molar-refractivity contribution in [2.75, 3.05) is 0 Å². The zero-order valence-electron chi connectivity index (χ0n) is 21.9. The van der Waals surface area contributed by atoms with E-state index in [-0.39, 0.29) is 0 Å². The van der Waals surface area contributed by atoms with Gasteiger partial charge in [-0.05, 0) is 34.5 Å². The first-order chi connectivity index (χ1) is 19.1. The summed E-state index contributed by atoms with van der Waals surface area (Å²) >= 11 is 3.78. The molecule has 0 saturated carbocycles. The molecule has 7 rings (SSSR count). The Morgan fingerprint density at radius 1 is 0.667 bits per heavy atom. The Morgan fingerprint density at radius 3 is 1.77 bits per heavy atom. The van der Waals surface area contributed by atoms with Crippen molar-refractivity contribution < 1.29 is 0 Å². The molecule has 0 N–H and O–H groups in total. The van der Waals surface area contributed by atoms with Gasteiger partial charge in [-0.15, -0.1) is 10.2 Å². The fraction of sp³-hybridized carbons (Fsp3) is 0.0667. The molecule has 0 amide bonds. The van der Waals surface area contributed by atoms with E-state index < -0.39 is 0 Å². The summed E-state index contributed by atoms with van der Waals surface area (Å²) in [4.78, 5) is 0. The second-order valence-corrected chi connectivity index (χ2v) is 10.7. The van der Waals surface area contributed by atoms with Crippen molar-refractivity contribution in [1.82, 2.24) is 30.0 Å². The van der Waals surface area contributed by atoms with Crippen molar-refractivity contribution in [2.24, 2.45) is 0 Å². The molecule has 1 aliphatic rings. The molecule has 2 heterocycles. The van der Waals surface area contributed by atoms with Crippen molar-refractivity contribution in [1.29, 1.82) is 0 Å². The molecule has 0 spiro atoms. The average Bonchev–Trinajstić information content (AvgIpc) is 3.56. The van der Waals surface area contributed by atoms with Gasteiger partial charge in [-0.2, -0.15) is 0 Å². The van der Waals surface area contributed by atoms with Crippen molar-refractivity contribution in [3.63, 3.8) is 0 Å². The second kappa shape index (κ2) is 9.20. The summed E-state index contributed by atoms with van der Waals surface area (Å²) < 4.78 is 4.96. The number of hydrogen-bond donors (Lipinski definition) is 0. The van der Waals surface area contributed by atoms with E-state index >= 15 is 0 Å². The van der Waals surface area contributed by atoms with Crippen LogP contribution in [-0.2, 0) is 0 Å². The normalized spacial score (nSPS) is 11.6. The van der Waals surface area contributed by atoms with Crippen LogP contribution in [0.1, 0.15) is 5.56 Å². The van der Waals surface area contributed by atoms with Crippen LogP contribution in [0.25, 0.3) is 56.4 Å². The first-order valence-electron chi connectivity index (χ1n) is 13.0. The van der Waals surface area contributed by atoms with E-state index in [4.69, 9.17) is 20.6 Å². The van der Waals surface area contributed by atoms with E-state index in [0.29, 0.717) is 0 Å². The van der Waals surface area contributed by atoms with Gasteiger partial charge in [0.15, 0.2) is 7.28 Å². The third-order valence-corrected chi connectivity index (χ3v) is 8.17. The van der Waals surface area contributed by atoms with Gasteiger partial charge in [0, 0.05) is 26.7 Å². The van der Waals surface area contributed by atoms with Crippen molar-refractivity contribution in [3.05, 3.63) is 95.0 Å². The lowest BCUT2D eigenvalue weighted by Gasteiger charge is -2.21. The summed E-state index contributed by atoms with van der Waals surface area (Å²) in [5, 5.41) is 19.1. The fourth-order valence-electron chi connectivity index (χ4n) is 5.71. The van der Waals surface area contributed by atoms with Crippen molar-refractivity contribution in [2.45, 2.75) is 13.7 Å². The van der Waals surface area contributed by atoms with E-state index in [1.165, 1.54) is 5.46 Å². The lowest BCUT2D eigenvalue weighted by atomic mass is 9.71. The van der Waals surface area contributed by atoms with Crippen LogP contribution in [-0.4, -0.2) is 45.1 Å². The minimum absolute atomic E-state index is 0.818. The summed E-state index contributed by atoms with van der Waals surface area (Å²) in [6.45, 7) is 4.32. The lowest BCUT2D eigenvalue weighted by Crippen LogP contribution is -2.21. The molecular formula is C30H23B2BrN6. The molecule has 0 aliphatic heterocycles. The smallest absolute Gasteiger partial charge is 0.157 e. The molecule has 186 valence electrons. The highest BCUT2D eigenvalue weighted by Gasteiger charge is 2.31. The highest BCUT2D eigenvalue weighted by atomic mass is 79.9. The quantitative estimate of drug-likeness (QED) is 0.299. The third-order valence-electron chi connectivity index (χ3n) is 7.53. The van der Waals surface area contributed by atoms with E-state index in [0.717, 1.165) is 79.2 Å². The molecular weight excluding hydrogens is 546 g/mol. The van der Waals surface area contributed by atoms with E-state index in [1.807, 2.05) is 33.6 Å². The number of nitrogens with zero attached hydrogens (tertiary/aromatic N) is 6. The Balaban J connectivity index is 1.63. The number of halogens is 1. The maximum atomic E-state index is 4.81. The van der Waals surface area contributed by atoms with Gasteiger partial charge >= 0.3 is 0 Å². The molecule has 0 radical (unpaired) electrons. The Bertz CT molecular complexity index is 1890. The number of aryl methyl sites for hydroxylation is 1. The number of para-hydroxylation sites is 2. The van der Waals surface area contributed by atoms with Crippen LogP contribution in [0.3, 0.4) is 0 Å². The van der Waals surface area contributed by atoms with Crippen LogP contribution in [0.15, 0.2) is 89.4 Å². The molecule has 4 aromatic carbocycles. The molecule has 39 heavy (non-hydrogen) atoms. The van der Waals surface area contributed by atoms with Crippen molar-refractivity contribution >= 4 is 42.0 Å². The molecule has 0 atom stereocenters. The molecule has 6 nitrogen and oxygen atoms in total. The fourth-order valence-corrected chi connectivity index (χ4v) is 6.35. The van der Waals surface area contributed by atoms with Crippen LogP contribution >= 0.6 is 15.9 Å². The monoisotopic (exact) mass is 568 g/mol. The van der Waals surface area contributed by atoms with E-state index in [1.54, 1.807) is 0 Å². The minimum Gasteiger partial charge on any atom is -0.212 e. The summed E-state index contributed by atoms with van der Waals surface area (Å²) in [5.74, 6) is 0. The Kier molecular flexibility index (Phi) is 5.63. The highest BCUT2D eigenvalue weighted by Crippen LogP contribution is 2.47. The number of benzene rings is 4. The molecule has 0 bridgehead atoms. The Labute approximate surface area is 236 Å². The van der Waals surface area contributed by atoms with Gasteiger partial charge in [0.2, 0.25) is 0 Å². The predicted octanol–water partition coefficient (Wildman–Crippen LogP) is 4.27. The standard InChI is InChI=1S/C30H23B2BrN6/c1-17-9-7-15-23(32-2)27(17)38-28-20-12-5-6-13-21(20)29-26(19-11-4-3-10-18(19)25(28)34-36-38)35-37-39(29)30-22(31)14-8-16-24(30)33/h3-16,32H,31H2,1-2H3. The van der Waals surface area contributed by atoms with Crippen LogP contribution in [0.5, 0.6) is 0 Å². The largest absolute Gasteiger partial charge is 0.212 e. The van der Waals surface area contributed by atoms with Crippen LogP contribution in [0.2, 0.25) is 6.82 Å². The number of aromatic nitrogens is 6. The van der Waals surface area contributed by atoms with Gasteiger partial charge in [-0.25, -0.2) is 9.36 Å². The zero-order valence-corrected chi connectivity index (χ0v) is 23.4. The molecule has 0 fully saturated rings. The van der Waals surface area contributed by atoms with Crippen LogP contribution in [0.4, 0.5) is 0 Å². The molecule has 9 heteroatoms. The number of hydrogen-bond acceptors (Lipinski definition) is 4. The Morgan fingerprint density at radius 2 is 1.21 bits per heavy atom. The SMILES string of the molecule is Bc1cccc(Br)c1-n1nnc2c1-c1ccccc1-c1c(nnn1-c1c(C)cccc1BC)-c1ccccc1-2. The van der Waals surface area contributed by atoms with Gasteiger partial charge in [0.25, 0.3) is 0 Å². The molecule has 0 unspecified atom stereocenters. The van der Waals surface area contributed by atoms with Gasteiger partial charge in [0.05, 0.1) is 11.4 Å². The maximum absolute atomic E-state index is 4.81. The van der Waals surface area contributed by atoms with Gasteiger partial charge in [0.1, 0.15) is 30.6 Å². The average molecular weight is 569 g/mol. The lowest BCUT2D eigenvalue weighted by molar-refractivity contribution is 0.804. The first kappa shape index (κ1) is 23.9. The summed E-state index contributed by atoms with van der Waals surface area (Å²) in [5.41, 5.74) is 13.1. The van der Waals surface area contributed by atoms with E-state index in [9.17, 15) is 0 Å². The summed E-state index contributed by atoms with van der Waals surface area (Å²) in [6.07, 6.45) is 0. The molecule has 1 aliphatic carbocycles. The second-order valence-electron chi connectivity index (χ2n) is 9.83. The molecule has 2 aromatic heterocycles. The van der Waals surface area contributed by atoms with Gasteiger partial charge < -0.3 is 0 Å². The summed E-state index contributed by atoms with van der Waals surface area (Å²) in [7, 11) is 2.99. The third kappa shape index (κ3) is 3.57. The van der Waals surface area contributed by atoms with E-state index in [2.05, 4.69) is 98.2 Å². The zero-order chi connectivity index (χ0) is 26.7. The highest BCUT2D eigenvalue weighted by molar-refractivity contribution is 9.10. The topological polar surface area (TPSA) is 61.4 Å². The van der Waals surface area contributed by atoms with Crippen LogP contribution < -0.4 is 10.9 Å². The maximum Gasteiger partial charge on any atom is 0.157 e. The number of fused-ring (bicyclic) bond motifs is 8. The number of rotatable bonds is 3. The molecule has 0 saturated heterocycles. The first-order valence-corrected chi connectivity index (χ1v) is 13.8. The summed E-state index contributed by atoms with van der Waals surface area (Å²) in [6, 6.07) is 29.3.